The van der Waals surface area contributed by atoms with E-state index in [0.717, 1.165) is 11.4 Å². The highest BCUT2D eigenvalue weighted by atomic mass is 35.5. The van der Waals surface area contributed by atoms with E-state index in [-0.39, 0.29) is 17.5 Å². The van der Waals surface area contributed by atoms with Crippen LogP contribution >= 0.6 is 11.6 Å². The summed E-state index contributed by atoms with van der Waals surface area (Å²) >= 11 is 5.94. The Hall–Kier alpha value is -2.34. The summed E-state index contributed by atoms with van der Waals surface area (Å²) in [5.41, 5.74) is 1.51. The normalized spacial score (nSPS) is 16.8. The van der Waals surface area contributed by atoms with Crippen LogP contribution in [-0.4, -0.2) is 19.2 Å². The Morgan fingerprint density at radius 3 is 2.74 bits per heavy atom. The molecule has 0 aliphatic carbocycles. The molecule has 6 nitrogen and oxygen atoms in total. The quantitative estimate of drug-likeness (QED) is 0.785. The average Bonchev–Trinajstić information content (AvgIpc) is 3.12. The molecule has 0 radical (unpaired) electrons. The number of hydrogen-bond acceptors (Lipinski definition) is 4. The molecule has 2 aromatic heterocycles. The SMILES string of the molecule is CC(C)c1ncc2c(=O)n3c(nn12)NC(c1ccc(Cl)cc1)C3. The number of imidazole rings is 1. The molecule has 1 unspecified atom stereocenters. The van der Waals surface area contributed by atoms with Crippen LogP contribution in [-0.2, 0) is 6.54 Å². The van der Waals surface area contributed by atoms with Gasteiger partial charge in [0, 0.05) is 10.9 Å². The van der Waals surface area contributed by atoms with Crippen LogP contribution in [0.5, 0.6) is 0 Å². The molecule has 1 aliphatic heterocycles. The summed E-state index contributed by atoms with van der Waals surface area (Å²) in [5, 5.41) is 8.59. The lowest BCUT2D eigenvalue weighted by atomic mass is 10.1. The van der Waals surface area contributed by atoms with Crippen molar-refractivity contribution >= 4 is 23.1 Å². The van der Waals surface area contributed by atoms with Crippen molar-refractivity contribution in [1.29, 1.82) is 0 Å². The van der Waals surface area contributed by atoms with Crippen molar-refractivity contribution in [3.63, 3.8) is 0 Å². The summed E-state index contributed by atoms with van der Waals surface area (Å²) in [6, 6.07) is 7.64. The van der Waals surface area contributed by atoms with E-state index in [1.54, 1.807) is 15.3 Å². The monoisotopic (exact) mass is 329 g/mol. The fourth-order valence-corrected chi connectivity index (χ4v) is 3.06. The van der Waals surface area contributed by atoms with E-state index in [2.05, 4.69) is 15.4 Å². The zero-order valence-corrected chi connectivity index (χ0v) is 13.6. The Bertz CT molecular complexity index is 941. The molecular weight excluding hydrogens is 314 g/mol. The van der Waals surface area contributed by atoms with Crippen molar-refractivity contribution in [3.05, 3.63) is 57.2 Å². The predicted molar refractivity (Wildman–Crippen MR) is 89.2 cm³/mol. The van der Waals surface area contributed by atoms with E-state index in [0.29, 0.717) is 23.0 Å². The van der Waals surface area contributed by atoms with E-state index in [1.165, 1.54) is 0 Å². The number of fused-ring (bicyclic) bond motifs is 2. The molecule has 0 saturated carbocycles. The summed E-state index contributed by atoms with van der Waals surface area (Å²) in [5.74, 6) is 1.56. The van der Waals surface area contributed by atoms with Gasteiger partial charge < -0.3 is 5.32 Å². The molecule has 0 bridgehead atoms. The van der Waals surface area contributed by atoms with E-state index < -0.39 is 0 Å². The van der Waals surface area contributed by atoms with E-state index in [9.17, 15) is 4.79 Å². The lowest BCUT2D eigenvalue weighted by Crippen LogP contribution is -2.22. The van der Waals surface area contributed by atoms with Crippen molar-refractivity contribution < 1.29 is 0 Å². The van der Waals surface area contributed by atoms with Crippen LogP contribution in [0.3, 0.4) is 0 Å². The maximum atomic E-state index is 12.7. The summed E-state index contributed by atoms with van der Waals surface area (Å²) < 4.78 is 3.32. The largest absolute Gasteiger partial charge is 0.346 e. The zero-order valence-electron chi connectivity index (χ0n) is 12.8. The van der Waals surface area contributed by atoms with Gasteiger partial charge in [-0.3, -0.25) is 9.36 Å². The van der Waals surface area contributed by atoms with E-state index >= 15 is 0 Å². The molecule has 1 aliphatic rings. The van der Waals surface area contributed by atoms with Crippen molar-refractivity contribution in [2.75, 3.05) is 5.32 Å². The van der Waals surface area contributed by atoms with Crippen molar-refractivity contribution in [2.24, 2.45) is 0 Å². The molecule has 4 rings (SSSR count). The maximum absolute atomic E-state index is 12.7. The summed E-state index contributed by atoms with van der Waals surface area (Å²) in [6.07, 6.45) is 1.60. The summed E-state index contributed by atoms with van der Waals surface area (Å²) in [6.45, 7) is 4.61. The first-order valence-electron chi connectivity index (χ1n) is 7.55. The van der Waals surface area contributed by atoms with Crippen molar-refractivity contribution in [2.45, 2.75) is 32.4 Å². The van der Waals surface area contributed by atoms with Crippen LogP contribution in [0.15, 0.2) is 35.3 Å². The zero-order chi connectivity index (χ0) is 16.1. The number of anilines is 1. The first kappa shape index (κ1) is 14.3. The van der Waals surface area contributed by atoms with Gasteiger partial charge in [-0.15, -0.1) is 5.10 Å². The molecule has 0 spiro atoms. The highest BCUT2D eigenvalue weighted by Gasteiger charge is 2.26. The molecule has 3 aromatic rings. The Morgan fingerprint density at radius 2 is 2.04 bits per heavy atom. The number of aromatic nitrogens is 4. The number of nitrogens with zero attached hydrogens (tertiary/aromatic N) is 4. The van der Waals surface area contributed by atoms with Crippen LogP contribution in [0, 0.1) is 0 Å². The van der Waals surface area contributed by atoms with Crippen LogP contribution in [0.2, 0.25) is 5.02 Å². The lowest BCUT2D eigenvalue weighted by molar-refractivity contribution is 0.651. The average molecular weight is 330 g/mol. The fraction of sp³-hybridized carbons (Fsp3) is 0.312. The Morgan fingerprint density at radius 1 is 1.30 bits per heavy atom. The smallest absolute Gasteiger partial charge is 0.281 e. The molecule has 0 amide bonds. The van der Waals surface area contributed by atoms with Gasteiger partial charge in [0.25, 0.3) is 5.56 Å². The molecule has 23 heavy (non-hydrogen) atoms. The van der Waals surface area contributed by atoms with Gasteiger partial charge in [0.05, 0.1) is 18.8 Å². The van der Waals surface area contributed by atoms with Gasteiger partial charge in [-0.05, 0) is 17.7 Å². The number of rotatable bonds is 2. The Kier molecular flexibility index (Phi) is 3.16. The van der Waals surface area contributed by atoms with Crippen LogP contribution in [0.25, 0.3) is 5.52 Å². The molecular formula is C16H16ClN5O. The molecule has 1 N–H and O–H groups in total. The second-order valence-corrected chi connectivity index (χ2v) is 6.49. The van der Waals surface area contributed by atoms with Gasteiger partial charge in [-0.2, -0.15) is 0 Å². The van der Waals surface area contributed by atoms with Crippen LogP contribution in [0.1, 0.15) is 37.2 Å². The van der Waals surface area contributed by atoms with E-state index in [4.69, 9.17) is 11.6 Å². The summed E-state index contributed by atoms with van der Waals surface area (Å²) in [4.78, 5) is 17.0. The van der Waals surface area contributed by atoms with Crippen molar-refractivity contribution in [3.8, 4) is 0 Å². The van der Waals surface area contributed by atoms with Crippen LogP contribution < -0.4 is 10.9 Å². The Balaban J connectivity index is 1.79. The number of benzene rings is 1. The molecule has 1 atom stereocenters. The Labute approximate surface area is 137 Å². The fourth-order valence-electron chi connectivity index (χ4n) is 2.93. The van der Waals surface area contributed by atoms with Crippen molar-refractivity contribution in [1.82, 2.24) is 19.2 Å². The van der Waals surface area contributed by atoms with Gasteiger partial charge in [-0.25, -0.2) is 9.50 Å². The van der Waals surface area contributed by atoms with Gasteiger partial charge in [0.15, 0.2) is 5.52 Å². The maximum Gasteiger partial charge on any atom is 0.281 e. The molecule has 0 saturated heterocycles. The third-order valence-corrected chi connectivity index (χ3v) is 4.39. The first-order chi connectivity index (χ1) is 11.0. The molecule has 7 heteroatoms. The third-order valence-electron chi connectivity index (χ3n) is 4.14. The highest BCUT2D eigenvalue weighted by molar-refractivity contribution is 6.30. The molecule has 118 valence electrons. The second kappa shape index (κ2) is 5.09. The van der Waals surface area contributed by atoms with E-state index in [1.807, 2.05) is 38.1 Å². The number of halogens is 1. The van der Waals surface area contributed by atoms with Crippen LogP contribution in [0.4, 0.5) is 5.95 Å². The van der Waals surface area contributed by atoms with Gasteiger partial charge in [0.1, 0.15) is 5.82 Å². The standard InChI is InChI=1S/C16H16ClN5O/c1-9(2)14-18-7-13-15(23)21-8-12(19-16(21)20-22(13)14)10-3-5-11(17)6-4-10/h3-7,9,12H,8H2,1-2H3,(H,19,20). The second-order valence-electron chi connectivity index (χ2n) is 6.06. The number of nitrogens with one attached hydrogen (secondary N) is 1. The van der Waals surface area contributed by atoms with Gasteiger partial charge in [0.2, 0.25) is 5.95 Å². The number of hydrogen-bond donors (Lipinski definition) is 1. The minimum absolute atomic E-state index is 0.00929. The minimum atomic E-state index is -0.0710. The predicted octanol–water partition coefficient (Wildman–Crippen LogP) is 2.83. The van der Waals surface area contributed by atoms with Gasteiger partial charge >= 0.3 is 0 Å². The van der Waals surface area contributed by atoms with Gasteiger partial charge in [-0.1, -0.05) is 37.6 Å². The lowest BCUT2D eigenvalue weighted by Gasteiger charge is -2.09. The summed E-state index contributed by atoms with van der Waals surface area (Å²) in [7, 11) is 0. The first-order valence-corrected chi connectivity index (χ1v) is 7.93. The molecule has 3 heterocycles. The topological polar surface area (TPSA) is 64.2 Å². The molecule has 0 fully saturated rings. The third kappa shape index (κ3) is 2.21. The molecule has 1 aromatic carbocycles. The highest BCUT2D eigenvalue weighted by Crippen LogP contribution is 2.27. The minimum Gasteiger partial charge on any atom is -0.346 e.